The fraction of sp³-hybridized carbons (Fsp3) is 0.0625. The predicted molar refractivity (Wildman–Crippen MR) is 177 cm³/mol. The molecule has 17 heteroatoms. The van der Waals surface area contributed by atoms with E-state index in [2.05, 4.69) is 25.6 Å². The number of nitriles is 1. The average molecular weight is 710 g/mol. The van der Waals surface area contributed by atoms with Crippen molar-refractivity contribution in [1.82, 2.24) is 19.5 Å². The molecule has 1 atom stereocenters. The van der Waals surface area contributed by atoms with Gasteiger partial charge in [0.2, 0.25) is 5.95 Å². The summed E-state index contributed by atoms with van der Waals surface area (Å²) in [5, 5.41) is 26.5. The molecule has 4 N–H and O–H groups in total. The molecule has 0 spiro atoms. The predicted octanol–water partition coefficient (Wildman–Crippen LogP) is 8.64. The maximum atomic E-state index is 13.9. The van der Waals surface area contributed by atoms with Crippen LogP contribution in [0, 0.1) is 44.7 Å². The lowest BCUT2D eigenvalue weighted by Gasteiger charge is -2.17. The van der Waals surface area contributed by atoms with Gasteiger partial charge in [0.25, 0.3) is 5.69 Å². The van der Waals surface area contributed by atoms with Crippen molar-refractivity contribution in [3.8, 4) is 11.8 Å². The van der Waals surface area contributed by atoms with Gasteiger partial charge in [-0.25, -0.2) is 27.5 Å². The lowest BCUT2D eigenvalue weighted by Crippen LogP contribution is -2.15. The van der Waals surface area contributed by atoms with Gasteiger partial charge in [0.15, 0.2) is 0 Å². The van der Waals surface area contributed by atoms with E-state index in [1.54, 1.807) is 29.7 Å². The van der Waals surface area contributed by atoms with E-state index in [1.165, 1.54) is 36.5 Å². The van der Waals surface area contributed by atoms with Crippen molar-refractivity contribution in [2.45, 2.75) is 13.0 Å². The van der Waals surface area contributed by atoms with Crippen LogP contribution in [-0.2, 0) is 0 Å². The Labute approximate surface area is 284 Å². The molecule has 0 saturated heterocycles. The second-order valence-electron chi connectivity index (χ2n) is 10.2. The summed E-state index contributed by atoms with van der Waals surface area (Å²) in [6.07, 6.45) is 1.31. The number of fused-ring (bicyclic) bond motifs is 1. The number of nitrogens with zero attached hydrogens (tertiary/aromatic N) is 6. The number of anilines is 4. The van der Waals surface area contributed by atoms with E-state index in [9.17, 15) is 32.9 Å². The highest BCUT2D eigenvalue weighted by Crippen LogP contribution is 2.32. The summed E-state index contributed by atoms with van der Waals surface area (Å²) in [6, 6.07) is 16.3. The average Bonchev–Trinajstić information content (AvgIpc) is 3.39. The molecule has 2 aromatic heterocycles. The molecular weight excluding hydrogens is 689 g/mol. The first-order valence-electron chi connectivity index (χ1n) is 13.9. The van der Waals surface area contributed by atoms with Crippen molar-refractivity contribution in [3.05, 3.63) is 134 Å². The molecule has 0 aliphatic carbocycles. The number of hydrogen-bond donors (Lipinski definition) is 3. The minimum absolute atomic E-state index is 0.00353. The number of hydrogen-bond acceptors (Lipinski definition) is 9. The summed E-state index contributed by atoms with van der Waals surface area (Å²) in [7, 11) is 0. The summed E-state index contributed by atoms with van der Waals surface area (Å²) in [5.74, 6) is -2.37. The van der Waals surface area contributed by atoms with Gasteiger partial charge >= 0.3 is 0 Å². The Kier molecular flexibility index (Phi) is 10.1. The summed E-state index contributed by atoms with van der Waals surface area (Å²) < 4.78 is 55.5. The molecule has 49 heavy (non-hydrogen) atoms. The molecule has 0 bridgehead atoms. The van der Waals surface area contributed by atoms with Crippen molar-refractivity contribution in [2.75, 3.05) is 16.4 Å². The first-order chi connectivity index (χ1) is 23.3. The number of nitrogens with one attached hydrogen (secondary N) is 2. The van der Waals surface area contributed by atoms with Crippen LogP contribution in [0.2, 0.25) is 10.0 Å². The number of benzene rings is 4. The Balaban J connectivity index is 0.000000212. The molecular formula is C32H21Cl2F4N9O2. The van der Waals surface area contributed by atoms with Crippen LogP contribution in [-0.4, -0.2) is 24.4 Å². The monoisotopic (exact) mass is 709 g/mol. The van der Waals surface area contributed by atoms with Crippen LogP contribution in [0.4, 0.5) is 46.4 Å². The van der Waals surface area contributed by atoms with Crippen LogP contribution in [0.5, 0.6) is 0 Å². The van der Waals surface area contributed by atoms with Crippen LogP contribution in [0.3, 0.4) is 0 Å². The second-order valence-corrected chi connectivity index (χ2v) is 11.1. The number of halogens is 6. The normalized spacial score (nSPS) is 11.3. The number of nitro groups is 1. The smallest absolute Gasteiger partial charge is 0.292 e. The fourth-order valence-electron chi connectivity index (χ4n) is 4.70. The Bertz CT molecular complexity index is 2220. The quantitative estimate of drug-likeness (QED) is 0.0837. The minimum Gasteiger partial charge on any atom is -0.368 e. The van der Waals surface area contributed by atoms with Crippen LogP contribution < -0.4 is 16.4 Å². The standard InChI is InChI=1S/C20H14ClF2N7.C12H7ClF2N2O2/c1-10(27-18-11(8-24)9-26-20(25)29-18)19-28-16-3-2-12(21)4-17(16)30(19)15-6-13(22)5-14(23)7-15;13-7-1-2-12(17(18)19)11(3-7)16-10-5-8(14)4-9(15)6-10/h2-7,9-10H,1H3,(H3,25,26,27,29);1-6,16H/t10-;/m0./s1. The van der Waals surface area contributed by atoms with E-state index in [-0.39, 0.29) is 45.1 Å². The van der Waals surface area contributed by atoms with Crippen molar-refractivity contribution in [3.63, 3.8) is 0 Å². The van der Waals surface area contributed by atoms with Gasteiger partial charge in [0.05, 0.1) is 33.9 Å². The second kappa shape index (κ2) is 14.4. The summed E-state index contributed by atoms with van der Waals surface area (Å²) in [4.78, 5) is 22.7. The highest BCUT2D eigenvalue weighted by molar-refractivity contribution is 6.31. The summed E-state index contributed by atoms with van der Waals surface area (Å²) in [5.41, 5.74) is 7.09. The first-order valence-corrected chi connectivity index (χ1v) is 14.7. The third kappa shape index (κ3) is 8.12. The highest BCUT2D eigenvalue weighted by Gasteiger charge is 2.21. The lowest BCUT2D eigenvalue weighted by molar-refractivity contribution is -0.383. The van der Waals surface area contributed by atoms with Gasteiger partial charge in [-0.15, -0.1) is 0 Å². The zero-order chi connectivity index (χ0) is 35.4. The first kappa shape index (κ1) is 34.4. The summed E-state index contributed by atoms with van der Waals surface area (Å²) in [6.45, 7) is 1.77. The number of aromatic nitrogens is 4. The number of nitrogens with two attached hydrogens (primary N) is 1. The van der Waals surface area contributed by atoms with Gasteiger partial charge < -0.3 is 16.4 Å². The lowest BCUT2D eigenvalue weighted by atomic mass is 10.2. The van der Waals surface area contributed by atoms with Gasteiger partial charge in [-0.3, -0.25) is 14.7 Å². The summed E-state index contributed by atoms with van der Waals surface area (Å²) >= 11 is 11.9. The molecule has 0 saturated carbocycles. The molecule has 0 fully saturated rings. The van der Waals surface area contributed by atoms with Crippen molar-refractivity contribution >= 4 is 63.1 Å². The van der Waals surface area contributed by atoms with E-state index in [0.717, 1.165) is 18.2 Å². The molecule has 2 heterocycles. The largest absolute Gasteiger partial charge is 0.368 e. The SMILES string of the molecule is C[C@H](Nc1nc(N)ncc1C#N)c1nc2ccc(Cl)cc2n1-c1cc(F)cc(F)c1.O=[N+]([O-])c1ccc(Cl)cc1Nc1cc(F)cc(F)c1. The van der Waals surface area contributed by atoms with Crippen molar-refractivity contribution in [1.29, 1.82) is 5.26 Å². The molecule has 11 nitrogen and oxygen atoms in total. The molecule has 0 unspecified atom stereocenters. The molecule has 6 rings (SSSR count). The number of nitro benzene ring substituents is 1. The zero-order valence-electron chi connectivity index (χ0n) is 24.9. The molecule has 6 aromatic rings. The van der Waals surface area contributed by atoms with Crippen LogP contribution >= 0.6 is 23.2 Å². The highest BCUT2D eigenvalue weighted by atomic mass is 35.5. The van der Waals surface area contributed by atoms with Gasteiger partial charge in [-0.1, -0.05) is 23.2 Å². The molecule has 248 valence electrons. The van der Waals surface area contributed by atoms with Crippen LogP contribution in [0.1, 0.15) is 24.4 Å². The number of rotatable bonds is 7. The van der Waals surface area contributed by atoms with Crippen LogP contribution in [0.25, 0.3) is 16.7 Å². The van der Waals surface area contributed by atoms with E-state index in [1.807, 2.05) is 6.07 Å². The van der Waals surface area contributed by atoms with E-state index < -0.39 is 34.2 Å². The van der Waals surface area contributed by atoms with Gasteiger partial charge in [-0.05, 0) is 61.5 Å². The van der Waals surface area contributed by atoms with Crippen molar-refractivity contribution < 1.29 is 22.5 Å². The Hall–Kier alpha value is -5.98. The van der Waals surface area contributed by atoms with E-state index in [0.29, 0.717) is 27.9 Å². The third-order valence-electron chi connectivity index (χ3n) is 6.71. The number of imidazole rings is 1. The van der Waals surface area contributed by atoms with E-state index in [4.69, 9.17) is 28.9 Å². The Morgan fingerprint density at radius 2 is 1.53 bits per heavy atom. The zero-order valence-corrected chi connectivity index (χ0v) is 26.4. The van der Waals surface area contributed by atoms with Crippen molar-refractivity contribution in [2.24, 2.45) is 0 Å². The topological polar surface area (TPSA) is 161 Å². The third-order valence-corrected chi connectivity index (χ3v) is 7.18. The van der Waals surface area contributed by atoms with E-state index >= 15 is 0 Å². The number of nitrogen functional groups attached to an aromatic ring is 1. The maximum Gasteiger partial charge on any atom is 0.292 e. The molecule has 0 aliphatic rings. The van der Waals surface area contributed by atoms with Crippen LogP contribution in [0.15, 0.2) is 79.0 Å². The maximum absolute atomic E-state index is 13.9. The Morgan fingerprint density at radius 1 is 0.918 bits per heavy atom. The fourth-order valence-corrected chi connectivity index (χ4v) is 5.04. The van der Waals surface area contributed by atoms with Gasteiger partial charge in [-0.2, -0.15) is 10.2 Å². The van der Waals surface area contributed by atoms with Gasteiger partial charge in [0.1, 0.15) is 52.2 Å². The minimum atomic E-state index is -0.785. The molecule has 4 aromatic carbocycles. The molecule has 0 amide bonds. The van der Waals surface area contributed by atoms with Gasteiger partial charge in [0, 0.05) is 33.9 Å². The Morgan fingerprint density at radius 3 is 2.16 bits per heavy atom. The molecule has 0 radical (unpaired) electrons. The molecule has 0 aliphatic heterocycles.